The molecule has 0 heterocycles. The van der Waals surface area contributed by atoms with Gasteiger partial charge in [0, 0.05) is 19.0 Å². The molecule has 0 saturated heterocycles. The van der Waals surface area contributed by atoms with Crippen molar-refractivity contribution in [3.05, 3.63) is 10.1 Å². The van der Waals surface area contributed by atoms with E-state index >= 15 is 0 Å². The predicted octanol–water partition coefficient (Wildman–Crippen LogP) is 0.686. The summed E-state index contributed by atoms with van der Waals surface area (Å²) >= 11 is 0. The topological polar surface area (TPSA) is 52.4 Å². The molecule has 2 unspecified atom stereocenters. The van der Waals surface area contributed by atoms with Gasteiger partial charge in [-0.15, -0.1) is 0 Å². The van der Waals surface area contributed by atoms with Crippen molar-refractivity contribution in [1.82, 2.24) is 0 Å². The molecule has 0 saturated carbocycles. The third-order valence-corrected chi connectivity index (χ3v) is 1.38. The molecule has 0 aromatic carbocycles. The first-order valence-electron chi connectivity index (χ1n) is 2.76. The summed E-state index contributed by atoms with van der Waals surface area (Å²) in [6.45, 7) is 3.20. The molecule has 0 aliphatic heterocycles. The van der Waals surface area contributed by atoms with Crippen molar-refractivity contribution >= 4 is 0 Å². The zero-order valence-corrected chi connectivity index (χ0v) is 5.83. The third-order valence-electron chi connectivity index (χ3n) is 1.38. The second-order valence-corrected chi connectivity index (χ2v) is 1.97. The first kappa shape index (κ1) is 8.36. The van der Waals surface area contributed by atoms with Gasteiger partial charge in [0.25, 0.3) is 0 Å². The summed E-state index contributed by atoms with van der Waals surface area (Å²) in [4.78, 5) is 9.67. The third kappa shape index (κ3) is 2.41. The zero-order chi connectivity index (χ0) is 7.44. The molecule has 0 spiro atoms. The molecule has 4 heteroatoms. The molecule has 0 bridgehead atoms. The second kappa shape index (κ2) is 3.40. The SMILES string of the molecule is COC(C)C(C)[N+](=O)[O-]. The average molecular weight is 133 g/mol. The van der Waals surface area contributed by atoms with Gasteiger partial charge in [0.05, 0.1) is 0 Å². The summed E-state index contributed by atoms with van der Waals surface area (Å²) in [7, 11) is 1.46. The quantitative estimate of drug-likeness (QED) is 0.420. The Hall–Kier alpha value is -0.640. The maximum Gasteiger partial charge on any atom is 0.235 e. The predicted molar refractivity (Wildman–Crippen MR) is 32.9 cm³/mol. The highest BCUT2D eigenvalue weighted by atomic mass is 16.6. The number of hydrogen-bond acceptors (Lipinski definition) is 3. The Kier molecular flexibility index (Phi) is 3.16. The smallest absolute Gasteiger partial charge is 0.235 e. The Bertz CT molecular complexity index is 104. The zero-order valence-electron chi connectivity index (χ0n) is 5.83. The van der Waals surface area contributed by atoms with Crippen LogP contribution in [0, 0.1) is 10.1 Å². The van der Waals surface area contributed by atoms with Crippen molar-refractivity contribution in [2.24, 2.45) is 0 Å². The van der Waals surface area contributed by atoms with E-state index in [0.717, 1.165) is 0 Å². The maximum absolute atomic E-state index is 10.0. The Morgan fingerprint density at radius 2 is 2.00 bits per heavy atom. The van der Waals surface area contributed by atoms with Gasteiger partial charge in [0.1, 0.15) is 6.10 Å². The van der Waals surface area contributed by atoms with Crippen LogP contribution in [0.5, 0.6) is 0 Å². The molecule has 9 heavy (non-hydrogen) atoms. The van der Waals surface area contributed by atoms with E-state index in [1.807, 2.05) is 0 Å². The van der Waals surface area contributed by atoms with Crippen LogP contribution in [0.15, 0.2) is 0 Å². The van der Waals surface area contributed by atoms with Gasteiger partial charge in [0.15, 0.2) is 0 Å². The molecule has 4 nitrogen and oxygen atoms in total. The highest BCUT2D eigenvalue weighted by molar-refractivity contribution is 4.56. The monoisotopic (exact) mass is 133 g/mol. The molecule has 0 radical (unpaired) electrons. The van der Waals surface area contributed by atoms with Crippen molar-refractivity contribution in [2.75, 3.05) is 7.11 Å². The van der Waals surface area contributed by atoms with Crippen LogP contribution in [0.25, 0.3) is 0 Å². The molecule has 0 aliphatic carbocycles. The van der Waals surface area contributed by atoms with Crippen molar-refractivity contribution in [1.29, 1.82) is 0 Å². The van der Waals surface area contributed by atoms with Gasteiger partial charge < -0.3 is 4.74 Å². The fourth-order valence-electron chi connectivity index (χ4n) is 0.368. The van der Waals surface area contributed by atoms with Crippen molar-refractivity contribution in [3.8, 4) is 0 Å². The van der Waals surface area contributed by atoms with E-state index in [-0.39, 0.29) is 11.0 Å². The fourth-order valence-corrected chi connectivity index (χ4v) is 0.368. The van der Waals surface area contributed by atoms with Crippen LogP contribution < -0.4 is 0 Å². The van der Waals surface area contributed by atoms with Gasteiger partial charge in [-0.1, -0.05) is 0 Å². The van der Waals surface area contributed by atoms with Gasteiger partial charge in [-0.2, -0.15) is 0 Å². The summed E-state index contributed by atoms with van der Waals surface area (Å²) in [6, 6.07) is -0.616. The number of rotatable bonds is 3. The Labute approximate surface area is 54.0 Å². The largest absolute Gasteiger partial charge is 0.375 e. The molecular weight excluding hydrogens is 122 g/mol. The molecule has 54 valence electrons. The summed E-state index contributed by atoms with van der Waals surface area (Å²) in [5.74, 6) is 0. The first-order chi connectivity index (χ1) is 4.09. The highest BCUT2D eigenvalue weighted by Crippen LogP contribution is 1.98. The lowest BCUT2D eigenvalue weighted by Gasteiger charge is -2.09. The summed E-state index contributed by atoms with van der Waals surface area (Å²) < 4.78 is 4.73. The molecule has 0 fully saturated rings. The number of methoxy groups -OCH3 is 1. The number of nitro groups is 1. The molecule has 0 rings (SSSR count). The van der Waals surface area contributed by atoms with E-state index in [1.165, 1.54) is 14.0 Å². The molecular formula is C5H11NO3. The van der Waals surface area contributed by atoms with Crippen molar-refractivity contribution < 1.29 is 9.66 Å². The van der Waals surface area contributed by atoms with Crippen LogP contribution in [0.1, 0.15) is 13.8 Å². The van der Waals surface area contributed by atoms with E-state index in [9.17, 15) is 10.1 Å². The van der Waals surface area contributed by atoms with Gasteiger partial charge >= 0.3 is 0 Å². The fraction of sp³-hybridized carbons (Fsp3) is 1.00. The van der Waals surface area contributed by atoms with E-state index < -0.39 is 6.04 Å². The summed E-state index contributed by atoms with van der Waals surface area (Å²) in [5, 5.41) is 10.0. The van der Waals surface area contributed by atoms with Crippen molar-refractivity contribution in [2.45, 2.75) is 26.0 Å². The molecule has 0 N–H and O–H groups in total. The molecule has 2 atom stereocenters. The van der Waals surface area contributed by atoms with Crippen LogP contribution in [-0.2, 0) is 4.74 Å². The standard InChI is InChI=1S/C5H11NO3/c1-4(6(7)8)5(2)9-3/h4-5H,1-3H3. The Morgan fingerprint density at radius 1 is 1.56 bits per heavy atom. The maximum atomic E-state index is 10.0. The Morgan fingerprint density at radius 3 is 2.11 bits per heavy atom. The average Bonchev–Trinajstić information content (AvgIpc) is 1.84. The van der Waals surface area contributed by atoms with Gasteiger partial charge in [-0.05, 0) is 6.92 Å². The summed E-state index contributed by atoms with van der Waals surface area (Å²) in [6.07, 6.45) is -0.306. The van der Waals surface area contributed by atoms with Gasteiger partial charge in [0.2, 0.25) is 6.04 Å². The normalized spacial score (nSPS) is 16.8. The van der Waals surface area contributed by atoms with Crippen LogP contribution >= 0.6 is 0 Å². The van der Waals surface area contributed by atoms with E-state index in [1.54, 1.807) is 6.92 Å². The van der Waals surface area contributed by atoms with Gasteiger partial charge in [-0.25, -0.2) is 0 Å². The number of hydrogen-bond donors (Lipinski definition) is 0. The first-order valence-corrected chi connectivity index (χ1v) is 2.76. The minimum atomic E-state index is -0.616. The van der Waals surface area contributed by atoms with Crippen LogP contribution in [0.4, 0.5) is 0 Å². The Balaban J connectivity index is 3.72. The second-order valence-electron chi connectivity index (χ2n) is 1.97. The minimum absolute atomic E-state index is 0.306. The highest BCUT2D eigenvalue weighted by Gasteiger charge is 2.20. The number of nitrogens with zero attached hydrogens (tertiary/aromatic N) is 1. The molecule has 0 aromatic rings. The molecule has 0 aliphatic rings. The molecule has 0 aromatic heterocycles. The van der Waals surface area contributed by atoms with Crippen LogP contribution in [0.3, 0.4) is 0 Å². The lowest BCUT2D eigenvalue weighted by atomic mass is 10.2. The van der Waals surface area contributed by atoms with Crippen LogP contribution in [0.2, 0.25) is 0 Å². The molecule has 0 amide bonds. The lowest BCUT2D eigenvalue weighted by molar-refractivity contribution is -0.529. The van der Waals surface area contributed by atoms with E-state index in [0.29, 0.717) is 0 Å². The van der Waals surface area contributed by atoms with E-state index in [4.69, 9.17) is 4.74 Å². The lowest BCUT2D eigenvalue weighted by Crippen LogP contribution is -2.29. The minimum Gasteiger partial charge on any atom is -0.375 e. The van der Waals surface area contributed by atoms with Gasteiger partial charge in [-0.3, -0.25) is 10.1 Å². The van der Waals surface area contributed by atoms with E-state index in [2.05, 4.69) is 0 Å². The number of ether oxygens (including phenoxy) is 1. The summed E-state index contributed by atoms with van der Waals surface area (Å²) in [5.41, 5.74) is 0. The van der Waals surface area contributed by atoms with Crippen LogP contribution in [-0.4, -0.2) is 24.2 Å². The van der Waals surface area contributed by atoms with Crippen molar-refractivity contribution in [3.63, 3.8) is 0 Å².